The zero-order chi connectivity index (χ0) is 12.4. The summed E-state index contributed by atoms with van der Waals surface area (Å²) in [5, 5.41) is 0.281. The van der Waals surface area contributed by atoms with Gasteiger partial charge < -0.3 is 4.43 Å². The van der Waals surface area contributed by atoms with Crippen LogP contribution in [0.1, 0.15) is 46.5 Å². The lowest BCUT2D eigenvalue weighted by molar-refractivity contribution is 0.106. The molecule has 1 aliphatic carbocycles. The molecule has 16 heavy (non-hydrogen) atoms. The molecule has 0 bridgehead atoms. The van der Waals surface area contributed by atoms with Crippen molar-refractivity contribution in [1.82, 2.24) is 0 Å². The van der Waals surface area contributed by atoms with Gasteiger partial charge in [-0.15, -0.1) is 12.3 Å². The summed E-state index contributed by atoms with van der Waals surface area (Å²) in [5.41, 5.74) is 0. The predicted molar refractivity (Wildman–Crippen MR) is 72.9 cm³/mol. The van der Waals surface area contributed by atoms with Crippen LogP contribution in [-0.4, -0.2) is 14.4 Å². The van der Waals surface area contributed by atoms with E-state index in [-0.39, 0.29) is 5.04 Å². The van der Waals surface area contributed by atoms with Gasteiger partial charge in [-0.25, -0.2) is 0 Å². The predicted octanol–water partition coefficient (Wildman–Crippen LogP) is 4.20. The lowest BCUT2D eigenvalue weighted by atomic mass is 9.87. The van der Waals surface area contributed by atoms with E-state index >= 15 is 0 Å². The topological polar surface area (TPSA) is 9.23 Å². The van der Waals surface area contributed by atoms with E-state index < -0.39 is 8.32 Å². The molecule has 0 heterocycles. The van der Waals surface area contributed by atoms with Crippen LogP contribution in [0.25, 0.3) is 0 Å². The van der Waals surface area contributed by atoms with Crippen molar-refractivity contribution < 1.29 is 4.43 Å². The van der Waals surface area contributed by atoms with Crippen molar-refractivity contribution in [2.75, 3.05) is 0 Å². The highest BCUT2D eigenvalue weighted by Gasteiger charge is 2.40. The zero-order valence-electron chi connectivity index (χ0n) is 11.5. The average Bonchev–Trinajstić information content (AvgIpc) is 2.16. The van der Waals surface area contributed by atoms with Gasteiger partial charge in [0.15, 0.2) is 8.32 Å². The molecule has 1 aliphatic rings. The molecule has 92 valence electrons. The van der Waals surface area contributed by atoms with Crippen LogP contribution in [0, 0.1) is 18.3 Å². The maximum atomic E-state index is 6.44. The van der Waals surface area contributed by atoms with E-state index in [9.17, 15) is 0 Å². The minimum absolute atomic E-state index is 0.281. The first kappa shape index (κ1) is 13.8. The summed E-state index contributed by atoms with van der Waals surface area (Å²) in [7, 11) is -1.65. The Labute approximate surface area is 102 Å². The van der Waals surface area contributed by atoms with Crippen LogP contribution in [0.4, 0.5) is 0 Å². The molecule has 1 nitrogen and oxygen atoms in total. The summed E-state index contributed by atoms with van der Waals surface area (Å²) in [4.78, 5) is 0. The van der Waals surface area contributed by atoms with E-state index in [1.165, 1.54) is 12.8 Å². The van der Waals surface area contributed by atoms with E-state index in [2.05, 4.69) is 39.8 Å². The third-order valence-corrected chi connectivity index (χ3v) is 8.67. The van der Waals surface area contributed by atoms with Crippen LogP contribution >= 0.6 is 0 Å². The number of hydrogen-bond acceptors (Lipinski definition) is 1. The normalized spacial score (nSPS) is 27.5. The van der Waals surface area contributed by atoms with Crippen molar-refractivity contribution in [2.45, 2.75) is 70.7 Å². The Morgan fingerprint density at radius 1 is 1.19 bits per heavy atom. The van der Waals surface area contributed by atoms with Gasteiger partial charge >= 0.3 is 0 Å². The molecule has 0 aromatic heterocycles. The lowest BCUT2D eigenvalue weighted by Gasteiger charge is -2.42. The maximum absolute atomic E-state index is 6.44. The van der Waals surface area contributed by atoms with Crippen molar-refractivity contribution in [2.24, 2.45) is 5.92 Å². The molecule has 0 saturated heterocycles. The Hall–Kier alpha value is -0.263. The average molecular weight is 238 g/mol. The molecule has 0 aliphatic heterocycles. The first-order valence-corrected chi connectivity index (χ1v) is 9.33. The highest BCUT2D eigenvalue weighted by atomic mass is 28.4. The van der Waals surface area contributed by atoms with E-state index in [4.69, 9.17) is 10.8 Å². The Morgan fingerprint density at radius 2 is 1.75 bits per heavy atom. The van der Waals surface area contributed by atoms with Crippen molar-refractivity contribution in [3.63, 3.8) is 0 Å². The molecule has 0 N–H and O–H groups in total. The van der Waals surface area contributed by atoms with Gasteiger partial charge in [0.25, 0.3) is 0 Å². The Kier molecular flexibility index (Phi) is 4.26. The maximum Gasteiger partial charge on any atom is 0.192 e. The van der Waals surface area contributed by atoms with E-state index in [1.54, 1.807) is 0 Å². The Balaban J connectivity index is 2.69. The van der Waals surface area contributed by atoms with Gasteiger partial charge in [0, 0.05) is 5.92 Å². The largest absolute Gasteiger partial charge is 0.413 e. The van der Waals surface area contributed by atoms with Gasteiger partial charge in [-0.2, -0.15) is 0 Å². The number of terminal acetylenes is 1. The Morgan fingerprint density at radius 3 is 2.25 bits per heavy atom. The van der Waals surface area contributed by atoms with Crippen molar-refractivity contribution in [3.8, 4) is 12.3 Å². The molecular weight excluding hydrogens is 212 g/mol. The highest BCUT2D eigenvalue weighted by Crippen LogP contribution is 2.40. The summed E-state index contributed by atoms with van der Waals surface area (Å²) >= 11 is 0. The van der Waals surface area contributed by atoms with Gasteiger partial charge in [-0.3, -0.25) is 0 Å². The summed E-state index contributed by atoms with van der Waals surface area (Å²) in [5.74, 6) is 3.28. The standard InChI is InChI=1S/C14H26OSi/c1-7-12-10-8-9-11-13(12)15-16(5,6)14(2,3)4/h1,12-13H,8-11H2,2-6H3/t12-,13-/m0/s1. The van der Waals surface area contributed by atoms with Crippen molar-refractivity contribution >= 4 is 8.32 Å². The first-order chi connectivity index (χ1) is 7.28. The fraction of sp³-hybridized carbons (Fsp3) is 0.857. The quantitative estimate of drug-likeness (QED) is 0.517. The molecule has 0 spiro atoms. The fourth-order valence-electron chi connectivity index (χ4n) is 1.98. The van der Waals surface area contributed by atoms with Gasteiger partial charge in [-0.1, -0.05) is 33.6 Å². The molecule has 1 saturated carbocycles. The SMILES string of the molecule is C#C[C@H]1CCCC[C@@H]1O[Si](C)(C)C(C)(C)C. The molecule has 1 fully saturated rings. The van der Waals surface area contributed by atoms with E-state index in [0.717, 1.165) is 12.8 Å². The van der Waals surface area contributed by atoms with Crippen LogP contribution < -0.4 is 0 Å². The summed E-state index contributed by atoms with van der Waals surface area (Å²) in [6, 6.07) is 0. The van der Waals surface area contributed by atoms with E-state index in [1.807, 2.05) is 0 Å². The summed E-state index contributed by atoms with van der Waals surface area (Å²) in [6.07, 6.45) is 10.8. The molecular formula is C14H26OSi. The smallest absolute Gasteiger partial charge is 0.192 e. The summed E-state index contributed by atoms with van der Waals surface area (Å²) < 4.78 is 6.44. The zero-order valence-corrected chi connectivity index (χ0v) is 12.5. The van der Waals surface area contributed by atoms with Crippen LogP contribution in [0.15, 0.2) is 0 Å². The van der Waals surface area contributed by atoms with Crippen molar-refractivity contribution in [1.29, 1.82) is 0 Å². The lowest BCUT2D eigenvalue weighted by Crippen LogP contribution is -2.46. The second-order valence-electron chi connectivity index (χ2n) is 6.47. The molecule has 2 atom stereocenters. The second-order valence-corrected chi connectivity index (χ2v) is 11.2. The first-order valence-electron chi connectivity index (χ1n) is 6.42. The molecule has 1 rings (SSSR count). The van der Waals surface area contributed by atoms with Gasteiger partial charge in [0.1, 0.15) is 0 Å². The molecule has 0 unspecified atom stereocenters. The van der Waals surface area contributed by atoms with Crippen LogP contribution in [0.3, 0.4) is 0 Å². The van der Waals surface area contributed by atoms with Crippen LogP contribution in [0.5, 0.6) is 0 Å². The minimum atomic E-state index is -1.65. The van der Waals surface area contributed by atoms with Crippen LogP contribution in [-0.2, 0) is 4.43 Å². The fourth-order valence-corrected chi connectivity index (χ4v) is 3.38. The molecule has 0 radical (unpaired) electrons. The number of hydrogen-bond donors (Lipinski definition) is 0. The molecule has 2 heteroatoms. The van der Waals surface area contributed by atoms with Gasteiger partial charge in [0.2, 0.25) is 0 Å². The highest BCUT2D eigenvalue weighted by molar-refractivity contribution is 6.74. The van der Waals surface area contributed by atoms with Gasteiger partial charge in [-0.05, 0) is 31.0 Å². The van der Waals surface area contributed by atoms with Gasteiger partial charge in [0.05, 0.1) is 6.10 Å². The minimum Gasteiger partial charge on any atom is -0.413 e. The third-order valence-electron chi connectivity index (χ3n) is 4.17. The Bertz CT molecular complexity index is 269. The number of rotatable bonds is 2. The molecule has 0 aromatic carbocycles. The van der Waals surface area contributed by atoms with E-state index in [0.29, 0.717) is 12.0 Å². The second kappa shape index (κ2) is 4.94. The van der Waals surface area contributed by atoms with Crippen LogP contribution in [0.2, 0.25) is 18.1 Å². The molecule has 0 amide bonds. The third kappa shape index (κ3) is 3.12. The monoisotopic (exact) mass is 238 g/mol. The summed E-state index contributed by atoms with van der Waals surface area (Å²) in [6.45, 7) is 11.5. The van der Waals surface area contributed by atoms with Crippen molar-refractivity contribution in [3.05, 3.63) is 0 Å². The molecule has 0 aromatic rings.